The van der Waals surface area contributed by atoms with E-state index in [0.717, 1.165) is 30.0 Å². The molecule has 3 heterocycles. The number of rotatable bonds is 14. The van der Waals surface area contributed by atoms with Crippen LogP contribution >= 0.6 is 0 Å². The lowest BCUT2D eigenvalue weighted by atomic mass is 9.69. The lowest BCUT2D eigenvalue weighted by molar-refractivity contribution is 0.0160. The third-order valence-corrected chi connectivity index (χ3v) is 11.2. The Balaban J connectivity index is 1.06. The fourth-order valence-electron chi connectivity index (χ4n) is 6.68. The zero-order valence-corrected chi connectivity index (χ0v) is 31.0. The second kappa shape index (κ2) is 15.0. The summed E-state index contributed by atoms with van der Waals surface area (Å²) in [6.07, 6.45) is 6.99. The quantitative estimate of drug-likeness (QED) is 0.113. The summed E-state index contributed by atoms with van der Waals surface area (Å²) in [5.74, 6) is -0.618. The van der Waals surface area contributed by atoms with Crippen molar-refractivity contribution >= 4 is 33.1 Å². The number of hydrogen-bond acceptors (Lipinski definition) is 10. The summed E-state index contributed by atoms with van der Waals surface area (Å²) in [5, 5.41) is 20.8. The van der Waals surface area contributed by atoms with Crippen molar-refractivity contribution in [3.8, 4) is 17.0 Å². The SMILES string of the molecule is CCOC(C)n1cc(-c2ncn3nc(Nc4ccc(S(=O)(=O)c5cccc(CC6CC(c7ccc(C(=O)O)cc7)C6)c5)cc4F)nc3c2OC(C)C)cn1. The van der Waals surface area contributed by atoms with Crippen molar-refractivity contribution in [3.63, 3.8) is 0 Å². The van der Waals surface area contributed by atoms with E-state index in [1.807, 2.05) is 45.9 Å². The highest BCUT2D eigenvalue weighted by molar-refractivity contribution is 7.91. The number of nitrogens with zero attached hydrogens (tertiary/aromatic N) is 6. The molecule has 13 nitrogen and oxygen atoms in total. The number of ether oxygens (including phenoxy) is 2. The molecule has 1 atom stereocenters. The van der Waals surface area contributed by atoms with Gasteiger partial charge < -0.3 is 19.9 Å². The largest absolute Gasteiger partial charge is 0.485 e. The van der Waals surface area contributed by atoms with Gasteiger partial charge in [-0.25, -0.2) is 27.3 Å². The van der Waals surface area contributed by atoms with Crippen molar-refractivity contribution in [2.24, 2.45) is 5.92 Å². The minimum absolute atomic E-state index is 0.0126. The summed E-state index contributed by atoms with van der Waals surface area (Å²) in [6, 6.07) is 17.4. The van der Waals surface area contributed by atoms with Gasteiger partial charge in [0.2, 0.25) is 21.4 Å². The van der Waals surface area contributed by atoms with Gasteiger partial charge in [-0.2, -0.15) is 14.6 Å². The van der Waals surface area contributed by atoms with Crippen LogP contribution in [0.1, 0.15) is 74.2 Å². The van der Waals surface area contributed by atoms with E-state index in [1.54, 1.807) is 41.3 Å². The fourth-order valence-corrected chi connectivity index (χ4v) is 8.02. The number of aromatic nitrogens is 6. The summed E-state index contributed by atoms with van der Waals surface area (Å²) in [6.45, 7) is 8.08. The van der Waals surface area contributed by atoms with E-state index in [2.05, 4.69) is 25.5 Å². The Hall–Kier alpha value is -5.67. The van der Waals surface area contributed by atoms with E-state index in [4.69, 9.17) is 14.6 Å². The van der Waals surface area contributed by atoms with Gasteiger partial charge in [0.05, 0.1) is 33.3 Å². The molecule has 3 aromatic heterocycles. The maximum atomic E-state index is 15.6. The first kappa shape index (κ1) is 36.7. The van der Waals surface area contributed by atoms with Crippen LogP contribution in [0.5, 0.6) is 5.75 Å². The predicted molar refractivity (Wildman–Crippen MR) is 198 cm³/mol. The molecular weight excluding hydrogens is 714 g/mol. The van der Waals surface area contributed by atoms with Crippen molar-refractivity contribution < 1.29 is 32.2 Å². The van der Waals surface area contributed by atoms with Crippen LogP contribution in [0, 0.1) is 11.7 Å². The van der Waals surface area contributed by atoms with Crippen LogP contribution in [0.3, 0.4) is 0 Å². The normalized spacial score (nSPS) is 16.3. The van der Waals surface area contributed by atoms with Crippen molar-refractivity contribution in [2.45, 2.75) is 75.0 Å². The summed E-state index contributed by atoms with van der Waals surface area (Å²) in [5.41, 5.74) is 3.75. The van der Waals surface area contributed by atoms with Crippen LogP contribution in [0.25, 0.3) is 16.9 Å². The summed E-state index contributed by atoms with van der Waals surface area (Å²) in [7, 11) is -4.03. The molecule has 0 bridgehead atoms. The molecule has 1 unspecified atom stereocenters. The number of nitrogens with one attached hydrogen (secondary N) is 1. The van der Waals surface area contributed by atoms with Gasteiger partial charge in [-0.15, -0.1) is 5.10 Å². The van der Waals surface area contributed by atoms with Crippen molar-refractivity contribution in [1.82, 2.24) is 29.4 Å². The molecule has 0 amide bonds. The standard InChI is InChI=1S/C39H40FN7O6S/c1-5-52-24(4)46-21-30(20-42-46)35-36(53-23(2)3)37-44-39(45-47(37)22-41-35)43-34-14-13-32(19-33(34)40)54(50,51)31-8-6-7-25(18-31)15-26-16-29(17-26)27-9-11-28(12-10-27)38(48)49/h6-14,18-24,26,29H,5,15-17H2,1-4H3,(H,43,45)(H,48,49). The molecule has 1 saturated carbocycles. The summed E-state index contributed by atoms with van der Waals surface area (Å²) < 4.78 is 57.8. The number of carboxylic acids is 1. The number of benzene rings is 3. The molecule has 6 aromatic rings. The van der Waals surface area contributed by atoms with E-state index in [-0.39, 0.29) is 39.3 Å². The molecule has 2 N–H and O–H groups in total. The Morgan fingerprint density at radius 2 is 1.81 bits per heavy atom. The third-order valence-electron chi connectivity index (χ3n) is 9.45. The first-order valence-corrected chi connectivity index (χ1v) is 19.2. The highest BCUT2D eigenvalue weighted by Crippen LogP contribution is 2.43. The van der Waals surface area contributed by atoms with Crippen LogP contribution in [0.2, 0.25) is 0 Å². The number of fused-ring (bicyclic) bond motifs is 1. The van der Waals surface area contributed by atoms with E-state index in [1.165, 1.54) is 29.0 Å². The molecule has 1 fully saturated rings. The second-order valence-electron chi connectivity index (χ2n) is 13.6. The molecule has 0 radical (unpaired) electrons. The van der Waals surface area contributed by atoms with Gasteiger partial charge in [-0.1, -0.05) is 24.3 Å². The molecule has 15 heteroatoms. The van der Waals surface area contributed by atoms with Gasteiger partial charge in [-0.05, 0) is 112 Å². The number of anilines is 2. The predicted octanol–water partition coefficient (Wildman–Crippen LogP) is 7.48. The van der Waals surface area contributed by atoms with Gasteiger partial charge in [-0.3, -0.25) is 0 Å². The van der Waals surface area contributed by atoms with Gasteiger partial charge in [0.1, 0.15) is 24.1 Å². The Kier molecular flexibility index (Phi) is 10.2. The first-order chi connectivity index (χ1) is 25.9. The number of halogens is 1. The molecular formula is C39H40FN7O6S. The Morgan fingerprint density at radius 1 is 1.06 bits per heavy atom. The first-order valence-electron chi connectivity index (χ1n) is 17.7. The van der Waals surface area contributed by atoms with Crippen LogP contribution in [-0.2, 0) is 21.0 Å². The molecule has 54 heavy (non-hydrogen) atoms. The van der Waals surface area contributed by atoms with E-state index < -0.39 is 21.6 Å². The monoisotopic (exact) mass is 753 g/mol. The molecule has 3 aromatic carbocycles. The number of sulfone groups is 1. The summed E-state index contributed by atoms with van der Waals surface area (Å²) in [4.78, 5) is 20.2. The topological polar surface area (TPSA) is 163 Å². The second-order valence-corrected chi connectivity index (χ2v) is 15.6. The molecule has 280 valence electrons. The van der Waals surface area contributed by atoms with Gasteiger partial charge in [0.25, 0.3) is 0 Å². The van der Waals surface area contributed by atoms with Crippen LogP contribution in [-0.4, -0.2) is 61.6 Å². The molecule has 0 saturated heterocycles. The molecule has 7 rings (SSSR count). The van der Waals surface area contributed by atoms with E-state index >= 15 is 4.39 Å². The average molecular weight is 754 g/mol. The van der Waals surface area contributed by atoms with Crippen LogP contribution in [0.15, 0.2) is 95.2 Å². The summed E-state index contributed by atoms with van der Waals surface area (Å²) >= 11 is 0. The zero-order valence-electron chi connectivity index (χ0n) is 30.2. The number of carbonyl (C=O) groups is 1. The van der Waals surface area contributed by atoms with E-state index in [9.17, 15) is 13.2 Å². The van der Waals surface area contributed by atoms with Crippen LogP contribution < -0.4 is 10.1 Å². The molecule has 0 aliphatic heterocycles. The maximum absolute atomic E-state index is 15.6. The van der Waals surface area contributed by atoms with Crippen molar-refractivity contribution in [1.29, 1.82) is 0 Å². The Morgan fingerprint density at radius 3 is 2.52 bits per heavy atom. The lowest BCUT2D eigenvalue weighted by Crippen LogP contribution is -2.23. The van der Waals surface area contributed by atoms with Crippen LogP contribution in [0.4, 0.5) is 16.0 Å². The minimum atomic E-state index is -4.03. The number of carboxylic acid groups (broad SMARTS) is 1. The van der Waals surface area contributed by atoms with Gasteiger partial charge >= 0.3 is 5.97 Å². The fraction of sp³-hybridized carbons (Fsp3) is 0.308. The van der Waals surface area contributed by atoms with Gasteiger partial charge in [0, 0.05) is 18.4 Å². The minimum Gasteiger partial charge on any atom is -0.485 e. The smallest absolute Gasteiger partial charge is 0.335 e. The zero-order chi connectivity index (χ0) is 38.1. The number of hydrogen-bond donors (Lipinski definition) is 2. The third kappa shape index (κ3) is 7.54. The van der Waals surface area contributed by atoms with Gasteiger partial charge in [0.15, 0.2) is 5.75 Å². The molecule has 0 spiro atoms. The number of aromatic carboxylic acids is 1. The highest BCUT2D eigenvalue weighted by atomic mass is 32.2. The highest BCUT2D eigenvalue weighted by Gasteiger charge is 2.31. The van der Waals surface area contributed by atoms with Crippen molar-refractivity contribution in [2.75, 3.05) is 11.9 Å². The lowest BCUT2D eigenvalue weighted by Gasteiger charge is -2.36. The maximum Gasteiger partial charge on any atom is 0.335 e. The van der Waals surface area contributed by atoms with Crippen molar-refractivity contribution in [3.05, 3.63) is 108 Å². The van der Waals surface area contributed by atoms with E-state index in [0.29, 0.717) is 47.5 Å². The molecule has 1 aliphatic carbocycles. The molecule has 1 aliphatic rings. The Labute approximate surface area is 311 Å². The average Bonchev–Trinajstić information content (AvgIpc) is 3.79. The Bertz CT molecular complexity index is 2420.